The van der Waals surface area contributed by atoms with E-state index in [-0.39, 0.29) is 24.3 Å². The Morgan fingerprint density at radius 3 is 2.35 bits per heavy atom. The number of rotatable bonds is 6. The number of carbonyl (C=O) groups excluding carboxylic acids is 2. The summed E-state index contributed by atoms with van der Waals surface area (Å²) in [6.07, 6.45) is 0.0391. The Morgan fingerprint density at radius 2 is 1.80 bits per heavy atom. The van der Waals surface area contributed by atoms with Gasteiger partial charge in [0.05, 0.1) is 0 Å². The first-order valence-electron chi connectivity index (χ1n) is 6.72. The van der Waals surface area contributed by atoms with Crippen molar-refractivity contribution in [3.8, 4) is 0 Å². The Morgan fingerprint density at radius 1 is 1.20 bits per heavy atom. The maximum absolute atomic E-state index is 11.7. The van der Waals surface area contributed by atoms with E-state index >= 15 is 0 Å². The van der Waals surface area contributed by atoms with E-state index in [1.807, 2.05) is 26.0 Å². The zero-order valence-electron chi connectivity index (χ0n) is 12.2. The highest BCUT2D eigenvalue weighted by Crippen LogP contribution is 2.08. The minimum absolute atomic E-state index is 0.0263. The second kappa shape index (κ2) is 7.53. The Bertz CT molecular complexity index is 455. The highest BCUT2D eigenvalue weighted by Gasteiger charge is 2.17. The van der Waals surface area contributed by atoms with Crippen molar-refractivity contribution in [3.05, 3.63) is 29.8 Å². The van der Waals surface area contributed by atoms with Gasteiger partial charge >= 0.3 is 5.97 Å². The summed E-state index contributed by atoms with van der Waals surface area (Å²) in [5.74, 6) is -0.658. The third-order valence-electron chi connectivity index (χ3n) is 2.71. The van der Waals surface area contributed by atoms with Crippen LogP contribution in [0.1, 0.15) is 32.8 Å². The highest BCUT2D eigenvalue weighted by atomic mass is 16.5. The molecule has 3 N–H and O–H groups in total. The molecule has 110 valence electrons. The zero-order valence-corrected chi connectivity index (χ0v) is 12.2. The topological polar surface area (TPSA) is 81.4 Å². The van der Waals surface area contributed by atoms with Gasteiger partial charge in [0, 0.05) is 18.2 Å². The number of nitrogens with two attached hydrogens (primary N) is 1. The van der Waals surface area contributed by atoms with Crippen LogP contribution in [0.25, 0.3) is 0 Å². The molecule has 5 heteroatoms. The summed E-state index contributed by atoms with van der Waals surface area (Å²) in [5, 5.41) is 2.70. The van der Waals surface area contributed by atoms with Gasteiger partial charge in [-0.2, -0.15) is 0 Å². The molecule has 0 bridgehead atoms. The van der Waals surface area contributed by atoms with E-state index in [9.17, 15) is 9.59 Å². The largest absolute Gasteiger partial charge is 0.453 e. The summed E-state index contributed by atoms with van der Waals surface area (Å²) in [5.41, 5.74) is 7.29. The van der Waals surface area contributed by atoms with Crippen LogP contribution in [0, 0.1) is 0 Å². The summed E-state index contributed by atoms with van der Waals surface area (Å²) < 4.78 is 5.08. The van der Waals surface area contributed by atoms with Crippen LogP contribution in [0.5, 0.6) is 0 Å². The van der Waals surface area contributed by atoms with Gasteiger partial charge < -0.3 is 15.8 Å². The summed E-state index contributed by atoms with van der Waals surface area (Å²) in [4.78, 5) is 23.3. The van der Waals surface area contributed by atoms with Gasteiger partial charge in [-0.15, -0.1) is 0 Å². The van der Waals surface area contributed by atoms with Crippen LogP contribution in [0.4, 0.5) is 5.69 Å². The Kier molecular flexibility index (Phi) is 6.03. The van der Waals surface area contributed by atoms with Gasteiger partial charge in [-0.3, -0.25) is 9.59 Å². The van der Waals surface area contributed by atoms with E-state index in [2.05, 4.69) is 5.32 Å². The number of ether oxygens (including phenoxy) is 1. The van der Waals surface area contributed by atoms with Crippen LogP contribution in [-0.4, -0.2) is 24.0 Å². The number of amides is 1. The van der Waals surface area contributed by atoms with Crippen molar-refractivity contribution in [1.29, 1.82) is 0 Å². The van der Waals surface area contributed by atoms with Crippen LogP contribution < -0.4 is 11.1 Å². The van der Waals surface area contributed by atoms with E-state index < -0.39 is 6.10 Å². The Labute approximate surface area is 119 Å². The van der Waals surface area contributed by atoms with E-state index in [0.29, 0.717) is 12.1 Å². The molecule has 0 fully saturated rings. The van der Waals surface area contributed by atoms with Crippen LogP contribution >= 0.6 is 0 Å². The standard InChI is InChI=1S/C15H22N2O3/c1-10(2)17-15(19)11(3)20-14(18)9-6-12-4-7-13(16)8-5-12/h4-5,7-8,10-11H,6,9,16H2,1-3H3,(H,17,19). The lowest BCUT2D eigenvalue weighted by Gasteiger charge is -2.15. The average molecular weight is 278 g/mol. The molecule has 0 spiro atoms. The first-order valence-corrected chi connectivity index (χ1v) is 6.72. The third kappa shape index (κ3) is 5.73. The second-order valence-electron chi connectivity index (χ2n) is 5.04. The van der Waals surface area contributed by atoms with Gasteiger partial charge in [-0.1, -0.05) is 12.1 Å². The molecule has 1 aromatic carbocycles. The molecule has 1 rings (SSSR count). The molecule has 1 amide bonds. The summed E-state index contributed by atoms with van der Waals surface area (Å²) >= 11 is 0. The summed E-state index contributed by atoms with van der Waals surface area (Å²) in [6, 6.07) is 7.35. The fourth-order valence-corrected chi connectivity index (χ4v) is 1.64. The first kappa shape index (κ1) is 16.0. The number of nitrogen functional groups attached to an aromatic ring is 1. The second-order valence-corrected chi connectivity index (χ2v) is 5.04. The van der Waals surface area contributed by atoms with E-state index in [1.165, 1.54) is 0 Å². The van der Waals surface area contributed by atoms with Crippen molar-refractivity contribution in [2.24, 2.45) is 0 Å². The lowest BCUT2D eigenvalue weighted by molar-refractivity contribution is -0.154. The maximum atomic E-state index is 11.7. The Balaban J connectivity index is 2.36. The number of carbonyl (C=O) groups is 2. The molecule has 20 heavy (non-hydrogen) atoms. The summed E-state index contributed by atoms with van der Waals surface area (Å²) in [6.45, 7) is 5.28. The molecule has 0 saturated carbocycles. The molecule has 0 aliphatic carbocycles. The smallest absolute Gasteiger partial charge is 0.306 e. The molecule has 1 aromatic rings. The maximum Gasteiger partial charge on any atom is 0.306 e. The number of esters is 1. The number of hydrogen-bond donors (Lipinski definition) is 2. The van der Waals surface area contributed by atoms with Crippen LogP contribution in [0.15, 0.2) is 24.3 Å². The minimum Gasteiger partial charge on any atom is -0.453 e. The van der Waals surface area contributed by atoms with E-state index in [4.69, 9.17) is 10.5 Å². The number of aryl methyl sites for hydroxylation is 1. The van der Waals surface area contributed by atoms with Gasteiger partial charge in [-0.25, -0.2) is 0 Å². The van der Waals surface area contributed by atoms with Crippen molar-refractivity contribution in [3.63, 3.8) is 0 Å². The third-order valence-corrected chi connectivity index (χ3v) is 2.71. The van der Waals surface area contributed by atoms with Crippen molar-refractivity contribution in [2.45, 2.75) is 45.8 Å². The molecule has 0 aromatic heterocycles. The summed E-state index contributed by atoms with van der Waals surface area (Å²) in [7, 11) is 0. The number of nitrogens with one attached hydrogen (secondary N) is 1. The highest BCUT2D eigenvalue weighted by molar-refractivity contribution is 5.83. The molecule has 0 heterocycles. The molecule has 0 aliphatic rings. The van der Waals surface area contributed by atoms with Crippen molar-refractivity contribution < 1.29 is 14.3 Å². The molecular weight excluding hydrogens is 256 g/mol. The number of benzene rings is 1. The SMILES string of the molecule is CC(C)NC(=O)C(C)OC(=O)CCc1ccc(N)cc1. The average Bonchev–Trinajstić information content (AvgIpc) is 2.37. The van der Waals surface area contributed by atoms with Gasteiger partial charge in [-0.05, 0) is 44.9 Å². The molecule has 0 aliphatic heterocycles. The Hall–Kier alpha value is -2.04. The molecular formula is C15H22N2O3. The van der Waals surface area contributed by atoms with E-state index in [0.717, 1.165) is 5.56 Å². The lowest BCUT2D eigenvalue weighted by atomic mass is 10.1. The van der Waals surface area contributed by atoms with Crippen LogP contribution in [0.2, 0.25) is 0 Å². The van der Waals surface area contributed by atoms with Gasteiger partial charge in [0.25, 0.3) is 5.91 Å². The minimum atomic E-state index is -0.767. The van der Waals surface area contributed by atoms with Crippen LogP contribution in [-0.2, 0) is 20.7 Å². The molecule has 1 unspecified atom stereocenters. The fraction of sp³-hybridized carbons (Fsp3) is 0.467. The van der Waals surface area contributed by atoms with Crippen molar-refractivity contribution >= 4 is 17.6 Å². The fourth-order valence-electron chi connectivity index (χ4n) is 1.64. The first-order chi connectivity index (χ1) is 9.38. The van der Waals surface area contributed by atoms with Crippen molar-refractivity contribution in [1.82, 2.24) is 5.32 Å². The molecule has 5 nitrogen and oxygen atoms in total. The van der Waals surface area contributed by atoms with Crippen LogP contribution in [0.3, 0.4) is 0 Å². The molecule has 0 radical (unpaired) electrons. The van der Waals surface area contributed by atoms with Gasteiger partial charge in [0.15, 0.2) is 6.10 Å². The number of hydrogen-bond acceptors (Lipinski definition) is 4. The molecule has 0 saturated heterocycles. The van der Waals surface area contributed by atoms with E-state index in [1.54, 1.807) is 19.1 Å². The van der Waals surface area contributed by atoms with Gasteiger partial charge in [0.1, 0.15) is 0 Å². The van der Waals surface area contributed by atoms with Crippen molar-refractivity contribution in [2.75, 3.05) is 5.73 Å². The monoisotopic (exact) mass is 278 g/mol. The predicted molar refractivity (Wildman–Crippen MR) is 78.0 cm³/mol. The van der Waals surface area contributed by atoms with Gasteiger partial charge in [0.2, 0.25) is 0 Å². The zero-order chi connectivity index (χ0) is 15.1. The molecule has 1 atom stereocenters. The normalized spacial score (nSPS) is 12.0. The predicted octanol–water partition coefficient (Wildman–Crippen LogP) is 1.66. The number of anilines is 1. The quantitative estimate of drug-likeness (QED) is 0.612. The lowest BCUT2D eigenvalue weighted by Crippen LogP contribution is -2.39.